The van der Waals surface area contributed by atoms with Gasteiger partial charge in [0.05, 0.1) is 6.10 Å². The number of aliphatic hydroxyl groups is 1. The summed E-state index contributed by atoms with van der Waals surface area (Å²) in [6, 6.07) is 9.84. The summed E-state index contributed by atoms with van der Waals surface area (Å²) in [5, 5.41) is 24.8. The second-order valence-corrected chi connectivity index (χ2v) is 5.08. The van der Waals surface area contributed by atoms with Crippen molar-refractivity contribution in [3.63, 3.8) is 0 Å². The molecular formula is C15H23N3O3. The fourth-order valence-corrected chi connectivity index (χ4v) is 2.51. The highest BCUT2D eigenvalue weighted by atomic mass is 16.4. The molecule has 116 valence electrons. The molecule has 1 aromatic rings. The minimum atomic E-state index is -0.833. The van der Waals surface area contributed by atoms with Gasteiger partial charge in [0.15, 0.2) is 5.96 Å². The molecule has 6 nitrogen and oxygen atoms in total. The van der Waals surface area contributed by atoms with Gasteiger partial charge in [-0.3, -0.25) is 10.2 Å². The summed E-state index contributed by atoms with van der Waals surface area (Å²) in [4.78, 5) is 10.8. The molecule has 5 N–H and O–H groups in total. The lowest BCUT2D eigenvalue weighted by Crippen LogP contribution is -2.47. The van der Waals surface area contributed by atoms with E-state index < -0.39 is 5.97 Å². The van der Waals surface area contributed by atoms with Gasteiger partial charge in [-0.15, -0.1) is 0 Å². The van der Waals surface area contributed by atoms with E-state index in [0.29, 0.717) is 6.42 Å². The molecule has 1 aliphatic carbocycles. The summed E-state index contributed by atoms with van der Waals surface area (Å²) in [5.41, 5.74) is 6.60. The standard InChI is InChI=1S/C13H19N3O.C2H4O2/c14-13(15)16(10-5-2-1-3-6-10)11-7-4-8-12(17)9-11;1-2(3)4/h1-3,5-6,11-12,17H,4,7-9H2,(H3,14,15);1H3,(H,3,4). The number of nitrogens with one attached hydrogen (secondary N) is 1. The summed E-state index contributed by atoms with van der Waals surface area (Å²) >= 11 is 0. The van der Waals surface area contributed by atoms with Gasteiger partial charge in [0, 0.05) is 18.7 Å². The Labute approximate surface area is 124 Å². The molecule has 1 saturated carbocycles. The lowest BCUT2D eigenvalue weighted by molar-refractivity contribution is -0.134. The first-order chi connectivity index (χ1) is 9.91. The Bertz CT molecular complexity index is 460. The molecule has 0 saturated heterocycles. The Morgan fingerprint density at radius 3 is 2.38 bits per heavy atom. The van der Waals surface area contributed by atoms with Crippen LogP contribution < -0.4 is 10.6 Å². The molecule has 1 aliphatic rings. The van der Waals surface area contributed by atoms with Crippen LogP contribution in [0.1, 0.15) is 32.6 Å². The number of carboxylic acid groups (broad SMARTS) is 1. The van der Waals surface area contributed by atoms with Crippen molar-refractivity contribution < 1.29 is 15.0 Å². The molecule has 2 atom stereocenters. The zero-order valence-corrected chi connectivity index (χ0v) is 12.2. The van der Waals surface area contributed by atoms with Crippen LogP contribution >= 0.6 is 0 Å². The van der Waals surface area contributed by atoms with Crippen LogP contribution in [0.25, 0.3) is 0 Å². The molecule has 0 aliphatic heterocycles. The lowest BCUT2D eigenvalue weighted by atomic mass is 9.91. The Morgan fingerprint density at radius 1 is 1.33 bits per heavy atom. The summed E-state index contributed by atoms with van der Waals surface area (Å²) < 4.78 is 0. The van der Waals surface area contributed by atoms with Gasteiger partial charge in [-0.2, -0.15) is 0 Å². The summed E-state index contributed by atoms with van der Waals surface area (Å²) in [6.45, 7) is 1.08. The number of carboxylic acids is 1. The van der Waals surface area contributed by atoms with Crippen molar-refractivity contribution in [3.05, 3.63) is 30.3 Å². The molecule has 0 bridgehead atoms. The molecule has 1 fully saturated rings. The van der Waals surface area contributed by atoms with Crippen molar-refractivity contribution >= 4 is 17.6 Å². The number of benzene rings is 1. The smallest absolute Gasteiger partial charge is 0.300 e. The second kappa shape index (κ2) is 8.26. The van der Waals surface area contributed by atoms with E-state index in [-0.39, 0.29) is 18.1 Å². The van der Waals surface area contributed by atoms with Crippen LogP contribution in [0.2, 0.25) is 0 Å². The third kappa shape index (κ3) is 5.83. The largest absolute Gasteiger partial charge is 0.481 e. The highest BCUT2D eigenvalue weighted by Crippen LogP contribution is 2.27. The van der Waals surface area contributed by atoms with Crippen molar-refractivity contribution in [3.8, 4) is 0 Å². The first-order valence-corrected chi connectivity index (χ1v) is 6.97. The fourth-order valence-electron chi connectivity index (χ4n) is 2.51. The minimum Gasteiger partial charge on any atom is -0.481 e. The van der Waals surface area contributed by atoms with Crippen LogP contribution in [-0.2, 0) is 4.79 Å². The number of para-hydroxylation sites is 1. The Balaban J connectivity index is 0.000000491. The molecular weight excluding hydrogens is 270 g/mol. The molecule has 0 aromatic heterocycles. The van der Waals surface area contributed by atoms with Crippen molar-refractivity contribution in [1.29, 1.82) is 5.41 Å². The quantitative estimate of drug-likeness (QED) is 0.490. The van der Waals surface area contributed by atoms with Crippen molar-refractivity contribution in [1.82, 2.24) is 0 Å². The minimum absolute atomic E-state index is 0.0512. The maximum absolute atomic E-state index is 9.72. The molecule has 0 spiro atoms. The van der Waals surface area contributed by atoms with Gasteiger partial charge in [0.1, 0.15) is 0 Å². The van der Waals surface area contributed by atoms with E-state index in [1.807, 2.05) is 35.2 Å². The number of hydrogen-bond acceptors (Lipinski definition) is 3. The average Bonchev–Trinajstić information content (AvgIpc) is 2.39. The third-order valence-electron chi connectivity index (χ3n) is 3.28. The first-order valence-electron chi connectivity index (χ1n) is 6.97. The summed E-state index contributed by atoms with van der Waals surface area (Å²) in [5.74, 6) is -0.782. The van der Waals surface area contributed by atoms with Gasteiger partial charge in [0.2, 0.25) is 0 Å². The van der Waals surface area contributed by atoms with Gasteiger partial charge >= 0.3 is 0 Å². The highest BCUT2D eigenvalue weighted by Gasteiger charge is 2.27. The van der Waals surface area contributed by atoms with Gasteiger partial charge in [-0.05, 0) is 37.8 Å². The molecule has 0 amide bonds. The van der Waals surface area contributed by atoms with Gasteiger partial charge < -0.3 is 20.8 Å². The van der Waals surface area contributed by atoms with Crippen LogP contribution in [0.4, 0.5) is 5.69 Å². The van der Waals surface area contributed by atoms with Crippen LogP contribution in [0.15, 0.2) is 30.3 Å². The van der Waals surface area contributed by atoms with E-state index in [9.17, 15) is 5.11 Å². The fraction of sp³-hybridized carbons (Fsp3) is 0.467. The van der Waals surface area contributed by atoms with Crippen molar-refractivity contribution in [2.24, 2.45) is 5.73 Å². The number of aliphatic carboxylic acids is 1. The number of rotatable bonds is 2. The maximum atomic E-state index is 9.72. The number of guanidine groups is 1. The molecule has 6 heteroatoms. The van der Waals surface area contributed by atoms with Crippen LogP contribution in [0.3, 0.4) is 0 Å². The molecule has 0 heterocycles. The number of nitrogens with two attached hydrogens (primary N) is 1. The predicted molar refractivity (Wildman–Crippen MR) is 82.4 cm³/mol. The number of carbonyl (C=O) groups is 1. The number of hydrogen-bond donors (Lipinski definition) is 4. The third-order valence-corrected chi connectivity index (χ3v) is 3.28. The number of anilines is 1. The van der Waals surface area contributed by atoms with Gasteiger partial charge in [-0.25, -0.2) is 0 Å². The van der Waals surface area contributed by atoms with E-state index >= 15 is 0 Å². The number of aliphatic hydroxyl groups excluding tert-OH is 1. The Morgan fingerprint density at radius 2 is 1.90 bits per heavy atom. The predicted octanol–water partition coefficient (Wildman–Crippen LogP) is 1.78. The molecule has 0 radical (unpaired) electrons. The van der Waals surface area contributed by atoms with Crippen LogP contribution in [0.5, 0.6) is 0 Å². The first kappa shape index (κ1) is 17.0. The average molecular weight is 293 g/mol. The zero-order chi connectivity index (χ0) is 15.8. The monoisotopic (exact) mass is 293 g/mol. The van der Waals surface area contributed by atoms with E-state index in [2.05, 4.69) is 0 Å². The highest BCUT2D eigenvalue weighted by molar-refractivity contribution is 5.93. The van der Waals surface area contributed by atoms with E-state index in [1.165, 1.54) is 0 Å². The summed E-state index contributed by atoms with van der Waals surface area (Å²) in [6.07, 6.45) is 3.25. The van der Waals surface area contributed by atoms with Crippen molar-refractivity contribution in [2.75, 3.05) is 4.90 Å². The Hall–Kier alpha value is -2.08. The van der Waals surface area contributed by atoms with Gasteiger partial charge in [0.25, 0.3) is 5.97 Å². The second-order valence-electron chi connectivity index (χ2n) is 5.08. The van der Waals surface area contributed by atoms with Crippen molar-refractivity contribution in [2.45, 2.75) is 44.8 Å². The van der Waals surface area contributed by atoms with Gasteiger partial charge in [-0.1, -0.05) is 18.2 Å². The molecule has 1 aromatic carbocycles. The van der Waals surface area contributed by atoms with Crippen LogP contribution in [0, 0.1) is 5.41 Å². The Kier molecular flexibility index (Phi) is 6.68. The summed E-state index contributed by atoms with van der Waals surface area (Å²) in [7, 11) is 0. The lowest BCUT2D eigenvalue weighted by Gasteiger charge is -2.36. The molecule has 21 heavy (non-hydrogen) atoms. The van der Waals surface area contributed by atoms with Crippen LogP contribution in [-0.4, -0.2) is 34.3 Å². The molecule has 2 rings (SSSR count). The van der Waals surface area contributed by atoms with E-state index in [0.717, 1.165) is 31.9 Å². The number of nitrogens with zero attached hydrogens (tertiary/aromatic N) is 1. The van der Waals surface area contributed by atoms with E-state index in [4.69, 9.17) is 21.0 Å². The normalized spacial score (nSPS) is 20.9. The SMILES string of the molecule is CC(=O)O.N=C(N)N(c1ccccc1)C1CCCC(O)C1. The molecule has 2 unspecified atom stereocenters. The maximum Gasteiger partial charge on any atom is 0.300 e. The topological polar surface area (TPSA) is 111 Å². The van der Waals surface area contributed by atoms with E-state index in [1.54, 1.807) is 0 Å². The zero-order valence-electron chi connectivity index (χ0n) is 12.2.